The summed E-state index contributed by atoms with van der Waals surface area (Å²) in [4.78, 5) is 10.3. The Labute approximate surface area is 72.1 Å². The molecule has 0 saturated heterocycles. The van der Waals surface area contributed by atoms with Gasteiger partial charge < -0.3 is 10.2 Å². The van der Waals surface area contributed by atoms with E-state index in [9.17, 15) is 9.90 Å². The van der Waals surface area contributed by atoms with Crippen LogP contribution in [0.2, 0.25) is 0 Å². The zero-order valence-electron chi connectivity index (χ0n) is 6.52. The number of aromatic hydroxyl groups is 2. The van der Waals surface area contributed by atoms with Gasteiger partial charge in [0.15, 0.2) is 6.29 Å². The molecule has 1 atom stereocenters. The van der Waals surface area contributed by atoms with E-state index in [4.69, 9.17) is 5.11 Å². The fourth-order valence-corrected chi connectivity index (χ4v) is 1.50. The van der Waals surface area contributed by atoms with Gasteiger partial charge in [-0.05, 0) is 6.26 Å². The minimum atomic E-state index is -0.484. The molecule has 1 heterocycles. The number of hydrogen-bond acceptors (Lipinski definition) is 3. The molecular weight excluding hydrogens is 178 g/mol. The first-order valence-corrected chi connectivity index (χ1v) is 4.88. The molecule has 0 bridgehead atoms. The number of aldehydes is 1. The van der Waals surface area contributed by atoms with Crippen molar-refractivity contribution in [3.05, 3.63) is 11.8 Å². The standard InChI is InChI=1S/C7H9NO3S/c1-12(2)8-3-6(10)5(4-9)7(8)11/h3-4,10-11H,1H2,2H3. The molecule has 1 aromatic rings. The lowest BCUT2D eigenvalue weighted by Crippen LogP contribution is -1.85. The van der Waals surface area contributed by atoms with Crippen LogP contribution in [0.25, 0.3) is 0 Å². The molecule has 0 aliphatic rings. The minimum absolute atomic E-state index is 0.0852. The van der Waals surface area contributed by atoms with Crippen LogP contribution >= 0.6 is 10.7 Å². The van der Waals surface area contributed by atoms with Crippen molar-refractivity contribution in [3.63, 3.8) is 0 Å². The van der Waals surface area contributed by atoms with E-state index in [-0.39, 0.29) is 17.2 Å². The van der Waals surface area contributed by atoms with Crippen molar-refractivity contribution in [3.8, 4) is 11.6 Å². The van der Waals surface area contributed by atoms with Crippen LogP contribution in [0.1, 0.15) is 10.4 Å². The van der Waals surface area contributed by atoms with Gasteiger partial charge in [-0.3, -0.25) is 8.77 Å². The molecule has 0 saturated carbocycles. The van der Waals surface area contributed by atoms with E-state index < -0.39 is 10.7 Å². The Kier molecular flexibility index (Phi) is 2.23. The van der Waals surface area contributed by atoms with E-state index in [0.29, 0.717) is 6.29 Å². The zero-order chi connectivity index (χ0) is 9.30. The van der Waals surface area contributed by atoms with Gasteiger partial charge in [0.05, 0.1) is 6.20 Å². The van der Waals surface area contributed by atoms with E-state index in [1.54, 1.807) is 6.26 Å². The predicted octanol–water partition coefficient (Wildman–Crippen LogP) is 0.806. The van der Waals surface area contributed by atoms with Crippen LogP contribution in [0, 0.1) is 0 Å². The van der Waals surface area contributed by atoms with Gasteiger partial charge in [-0.15, -0.1) is 0 Å². The summed E-state index contributed by atoms with van der Waals surface area (Å²) in [5.41, 5.74) is -0.0852. The quantitative estimate of drug-likeness (QED) is 0.532. The third kappa shape index (κ3) is 1.23. The maximum atomic E-state index is 10.3. The molecule has 12 heavy (non-hydrogen) atoms. The van der Waals surface area contributed by atoms with Gasteiger partial charge >= 0.3 is 0 Å². The summed E-state index contributed by atoms with van der Waals surface area (Å²) < 4.78 is 1.35. The van der Waals surface area contributed by atoms with Crippen LogP contribution in [0.3, 0.4) is 0 Å². The van der Waals surface area contributed by atoms with E-state index in [0.717, 1.165) is 0 Å². The van der Waals surface area contributed by atoms with Crippen molar-refractivity contribution in [2.75, 3.05) is 6.26 Å². The van der Waals surface area contributed by atoms with Gasteiger partial charge in [0.25, 0.3) is 0 Å². The van der Waals surface area contributed by atoms with Gasteiger partial charge in [-0.1, -0.05) is 16.5 Å². The number of hydrogen-bond donors (Lipinski definition) is 2. The highest BCUT2D eigenvalue weighted by Crippen LogP contribution is 2.31. The van der Waals surface area contributed by atoms with Gasteiger partial charge in [0, 0.05) is 0 Å². The number of nitrogens with zero attached hydrogens (tertiary/aromatic N) is 1. The lowest BCUT2D eigenvalue weighted by molar-refractivity contribution is 0.111. The average Bonchev–Trinajstić information content (AvgIpc) is 2.27. The molecule has 1 unspecified atom stereocenters. The van der Waals surface area contributed by atoms with E-state index >= 15 is 0 Å². The fraction of sp³-hybridized carbons (Fsp3) is 0.143. The number of rotatable bonds is 2. The summed E-state index contributed by atoms with van der Waals surface area (Å²) in [7, 11) is -0.484. The highest BCUT2D eigenvalue weighted by molar-refractivity contribution is 8.12. The second-order valence-electron chi connectivity index (χ2n) is 2.30. The molecule has 0 fully saturated rings. The van der Waals surface area contributed by atoms with Gasteiger partial charge in [0.1, 0.15) is 11.3 Å². The summed E-state index contributed by atoms with van der Waals surface area (Å²) in [6, 6.07) is 0. The summed E-state index contributed by atoms with van der Waals surface area (Å²) >= 11 is 0. The first-order chi connectivity index (χ1) is 5.57. The smallest absolute Gasteiger partial charge is 0.215 e. The summed E-state index contributed by atoms with van der Waals surface area (Å²) in [5.74, 6) is 3.21. The predicted molar refractivity (Wildman–Crippen MR) is 49.2 cm³/mol. The van der Waals surface area contributed by atoms with Crippen LogP contribution in [0.15, 0.2) is 6.20 Å². The normalized spacial score (nSPS) is 12.8. The molecule has 4 nitrogen and oxygen atoms in total. The number of carbonyl (C=O) groups excluding carboxylic acids is 1. The Hall–Kier alpha value is -1.23. The summed E-state index contributed by atoms with van der Waals surface area (Å²) in [5, 5.41) is 18.4. The fourth-order valence-electron chi connectivity index (χ4n) is 0.826. The van der Waals surface area contributed by atoms with Crippen LogP contribution in [0.5, 0.6) is 11.6 Å². The molecule has 0 spiro atoms. The summed E-state index contributed by atoms with van der Waals surface area (Å²) in [6.45, 7) is 0. The van der Waals surface area contributed by atoms with Crippen molar-refractivity contribution in [1.29, 1.82) is 0 Å². The van der Waals surface area contributed by atoms with Crippen LogP contribution in [-0.2, 0) is 0 Å². The van der Waals surface area contributed by atoms with Crippen LogP contribution < -0.4 is 0 Å². The Morgan fingerprint density at radius 3 is 2.50 bits per heavy atom. The summed E-state index contributed by atoms with van der Waals surface area (Å²) in [6.07, 6.45) is 3.46. The molecule has 66 valence electrons. The third-order valence-electron chi connectivity index (χ3n) is 1.42. The Morgan fingerprint density at radius 1 is 1.67 bits per heavy atom. The molecule has 5 heteroatoms. The molecule has 0 aliphatic heterocycles. The van der Waals surface area contributed by atoms with Crippen molar-refractivity contribution in [2.24, 2.45) is 0 Å². The maximum Gasteiger partial charge on any atom is 0.215 e. The van der Waals surface area contributed by atoms with E-state index in [2.05, 4.69) is 5.87 Å². The lowest BCUT2D eigenvalue weighted by atomic mass is 10.3. The molecule has 0 amide bonds. The van der Waals surface area contributed by atoms with Gasteiger partial charge in [-0.2, -0.15) is 0 Å². The molecular formula is C7H9NO3S. The van der Waals surface area contributed by atoms with Crippen molar-refractivity contribution in [1.82, 2.24) is 3.97 Å². The first-order valence-electron chi connectivity index (χ1n) is 3.12. The van der Waals surface area contributed by atoms with Crippen LogP contribution in [-0.4, -0.2) is 32.6 Å². The molecule has 0 aromatic carbocycles. The molecule has 1 aromatic heterocycles. The highest BCUT2D eigenvalue weighted by atomic mass is 32.2. The van der Waals surface area contributed by atoms with E-state index in [1.165, 1.54) is 10.2 Å². The lowest BCUT2D eigenvalue weighted by Gasteiger charge is -2.02. The van der Waals surface area contributed by atoms with Crippen molar-refractivity contribution < 1.29 is 15.0 Å². The Morgan fingerprint density at radius 2 is 2.25 bits per heavy atom. The second-order valence-corrected chi connectivity index (χ2v) is 3.89. The highest BCUT2D eigenvalue weighted by Gasteiger charge is 2.13. The largest absolute Gasteiger partial charge is 0.505 e. The molecule has 0 radical (unpaired) electrons. The first kappa shape index (κ1) is 8.86. The number of aromatic nitrogens is 1. The van der Waals surface area contributed by atoms with Crippen molar-refractivity contribution >= 4 is 22.8 Å². The molecule has 1 rings (SSSR count). The molecule has 0 aliphatic carbocycles. The Balaban J connectivity index is 3.35. The van der Waals surface area contributed by atoms with E-state index in [1.807, 2.05) is 0 Å². The minimum Gasteiger partial charge on any atom is -0.505 e. The van der Waals surface area contributed by atoms with Crippen LogP contribution in [0.4, 0.5) is 0 Å². The monoisotopic (exact) mass is 187 g/mol. The average molecular weight is 187 g/mol. The maximum absolute atomic E-state index is 10.3. The number of carbonyl (C=O) groups is 1. The van der Waals surface area contributed by atoms with Crippen molar-refractivity contribution in [2.45, 2.75) is 0 Å². The molecule has 2 N–H and O–H groups in total. The topological polar surface area (TPSA) is 62.5 Å². The van der Waals surface area contributed by atoms with Gasteiger partial charge in [-0.25, -0.2) is 0 Å². The second kappa shape index (κ2) is 3.02. The zero-order valence-corrected chi connectivity index (χ0v) is 7.34. The SMILES string of the molecule is C=S(C)n1cc(O)c(C=O)c1O. The third-order valence-corrected chi connectivity index (χ3v) is 2.37. The van der Waals surface area contributed by atoms with Gasteiger partial charge in [0.2, 0.25) is 5.88 Å². The Bertz CT molecular complexity index is 343.